The molecule has 0 aliphatic carbocycles. The van der Waals surface area contributed by atoms with Crippen molar-refractivity contribution < 1.29 is 24.1 Å². The van der Waals surface area contributed by atoms with Gasteiger partial charge < -0.3 is 24.6 Å². The molecule has 2 heterocycles. The third-order valence-corrected chi connectivity index (χ3v) is 5.56. The first kappa shape index (κ1) is 18.9. The van der Waals surface area contributed by atoms with Crippen molar-refractivity contribution in [2.24, 2.45) is 0 Å². The molecule has 2 saturated heterocycles. The van der Waals surface area contributed by atoms with E-state index in [1.807, 2.05) is 12.1 Å². The van der Waals surface area contributed by atoms with Crippen LogP contribution in [-0.2, 0) is 19.0 Å². The summed E-state index contributed by atoms with van der Waals surface area (Å²) in [7, 11) is 0. The van der Waals surface area contributed by atoms with Gasteiger partial charge in [-0.3, -0.25) is 4.79 Å². The van der Waals surface area contributed by atoms with E-state index in [0.29, 0.717) is 11.6 Å². The highest BCUT2D eigenvalue weighted by Crippen LogP contribution is 2.38. The number of thioether (sulfide) groups is 1. The minimum atomic E-state index is -0.907. The number of rotatable bonds is 3. The Labute approximate surface area is 156 Å². The first-order chi connectivity index (χ1) is 11.7. The number of halogens is 1. The van der Waals surface area contributed by atoms with Gasteiger partial charge in [-0.15, -0.1) is 0 Å². The molecular formula is C17H22ClNO5S. The quantitative estimate of drug-likeness (QED) is 0.827. The Hall–Kier alpha value is -0.830. The van der Waals surface area contributed by atoms with E-state index in [1.54, 1.807) is 26.0 Å². The molecule has 0 saturated carbocycles. The molecule has 2 N–H and O–H groups in total. The minimum absolute atomic E-state index is 0.237. The van der Waals surface area contributed by atoms with Gasteiger partial charge in [0.1, 0.15) is 23.7 Å². The Morgan fingerprint density at radius 2 is 2.04 bits per heavy atom. The molecule has 0 aromatic heterocycles. The summed E-state index contributed by atoms with van der Waals surface area (Å²) < 4.78 is 17.6. The van der Waals surface area contributed by atoms with E-state index < -0.39 is 35.6 Å². The molecule has 1 aromatic carbocycles. The molecular weight excluding hydrogens is 366 g/mol. The SMILES string of the molecule is CC(=O)NC1C(Sc2ccc(Cl)cc2)OC2COC(C)(C)OC2C1O. The second kappa shape index (κ2) is 7.42. The highest BCUT2D eigenvalue weighted by atomic mass is 35.5. The summed E-state index contributed by atoms with van der Waals surface area (Å²) in [4.78, 5) is 12.5. The van der Waals surface area contributed by atoms with Gasteiger partial charge in [-0.25, -0.2) is 0 Å². The summed E-state index contributed by atoms with van der Waals surface area (Å²) in [6.45, 7) is 5.31. The van der Waals surface area contributed by atoms with E-state index >= 15 is 0 Å². The average molecular weight is 388 g/mol. The molecule has 2 aliphatic rings. The maximum atomic E-state index is 11.6. The first-order valence-electron chi connectivity index (χ1n) is 8.10. The first-order valence-corrected chi connectivity index (χ1v) is 9.35. The van der Waals surface area contributed by atoms with Gasteiger partial charge in [-0.2, -0.15) is 0 Å². The van der Waals surface area contributed by atoms with Crippen molar-refractivity contribution in [2.75, 3.05) is 6.61 Å². The number of aliphatic hydroxyl groups excluding tert-OH is 1. The van der Waals surface area contributed by atoms with Gasteiger partial charge in [0, 0.05) is 16.8 Å². The summed E-state index contributed by atoms with van der Waals surface area (Å²) in [6, 6.07) is 6.71. The molecule has 0 bridgehead atoms. The van der Waals surface area contributed by atoms with Gasteiger partial charge in [-0.1, -0.05) is 23.4 Å². The monoisotopic (exact) mass is 387 g/mol. The number of hydrogen-bond acceptors (Lipinski definition) is 6. The van der Waals surface area contributed by atoms with E-state index in [9.17, 15) is 9.90 Å². The molecule has 2 aliphatic heterocycles. The van der Waals surface area contributed by atoms with Gasteiger partial charge in [0.15, 0.2) is 5.79 Å². The van der Waals surface area contributed by atoms with Crippen molar-refractivity contribution in [3.05, 3.63) is 29.3 Å². The van der Waals surface area contributed by atoms with Crippen LogP contribution in [0.1, 0.15) is 20.8 Å². The van der Waals surface area contributed by atoms with E-state index in [1.165, 1.54) is 18.7 Å². The smallest absolute Gasteiger partial charge is 0.217 e. The fourth-order valence-corrected chi connectivity index (χ4v) is 4.24. The standard InChI is InChI=1S/C17H22ClNO5S/c1-9(20)19-13-14(21)15-12(8-22-17(2,3)24-15)23-16(13)25-11-6-4-10(18)5-7-11/h4-7,12-16,21H,8H2,1-3H3,(H,19,20). The van der Waals surface area contributed by atoms with Crippen LogP contribution in [0.4, 0.5) is 0 Å². The summed E-state index contributed by atoms with van der Waals surface area (Å²) in [5.74, 6) is -1.04. The predicted octanol–water partition coefficient (Wildman–Crippen LogP) is 2.17. The molecule has 25 heavy (non-hydrogen) atoms. The molecule has 1 aromatic rings. The van der Waals surface area contributed by atoms with Crippen LogP contribution in [-0.4, -0.2) is 53.2 Å². The highest BCUT2D eigenvalue weighted by molar-refractivity contribution is 7.99. The van der Waals surface area contributed by atoms with Crippen molar-refractivity contribution in [2.45, 2.75) is 61.2 Å². The summed E-state index contributed by atoms with van der Waals surface area (Å²) in [5, 5.41) is 14.3. The number of carbonyl (C=O) groups is 1. The van der Waals surface area contributed by atoms with Crippen LogP contribution in [0.2, 0.25) is 5.02 Å². The molecule has 138 valence electrons. The number of benzene rings is 1. The van der Waals surface area contributed by atoms with Crippen molar-refractivity contribution in [1.29, 1.82) is 0 Å². The van der Waals surface area contributed by atoms with E-state index in [4.69, 9.17) is 25.8 Å². The lowest BCUT2D eigenvalue weighted by Crippen LogP contribution is -2.67. The number of amides is 1. The topological polar surface area (TPSA) is 77.0 Å². The van der Waals surface area contributed by atoms with Crippen molar-refractivity contribution in [3.8, 4) is 0 Å². The van der Waals surface area contributed by atoms with Crippen LogP contribution in [0.3, 0.4) is 0 Å². The maximum Gasteiger partial charge on any atom is 0.217 e. The molecule has 5 unspecified atom stereocenters. The summed E-state index contributed by atoms with van der Waals surface area (Å²) in [5.41, 5.74) is -0.477. The fraction of sp³-hybridized carbons (Fsp3) is 0.588. The lowest BCUT2D eigenvalue weighted by atomic mass is 9.96. The van der Waals surface area contributed by atoms with Crippen LogP contribution in [0, 0.1) is 0 Å². The number of ether oxygens (including phenoxy) is 3. The number of carbonyl (C=O) groups excluding carboxylic acids is 1. The minimum Gasteiger partial charge on any atom is -0.388 e. The Morgan fingerprint density at radius 1 is 1.36 bits per heavy atom. The largest absolute Gasteiger partial charge is 0.388 e. The van der Waals surface area contributed by atoms with Crippen LogP contribution < -0.4 is 5.32 Å². The molecule has 8 heteroatoms. The zero-order valence-corrected chi connectivity index (χ0v) is 15.8. The van der Waals surface area contributed by atoms with Gasteiger partial charge in [0.25, 0.3) is 0 Å². The summed E-state index contributed by atoms with van der Waals surface area (Å²) >= 11 is 7.34. The normalized spacial score (nSPS) is 34.2. The van der Waals surface area contributed by atoms with Gasteiger partial charge in [-0.05, 0) is 38.1 Å². The van der Waals surface area contributed by atoms with Crippen molar-refractivity contribution in [3.63, 3.8) is 0 Å². The zero-order chi connectivity index (χ0) is 18.2. The van der Waals surface area contributed by atoms with Crippen LogP contribution in [0.5, 0.6) is 0 Å². The predicted molar refractivity (Wildman–Crippen MR) is 94.5 cm³/mol. The van der Waals surface area contributed by atoms with Gasteiger partial charge in [0.2, 0.25) is 5.91 Å². The van der Waals surface area contributed by atoms with E-state index in [0.717, 1.165) is 4.90 Å². The van der Waals surface area contributed by atoms with E-state index in [-0.39, 0.29) is 5.91 Å². The van der Waals surface area contributed by atoms with Gasteiger partial charge in [0.05, 0.1) is 12.6 Å². The Bertz CT molecular complexity index is 626. The zero-order valence-electron chi connectivity index (χ0n) is 14.3. The van der Waals surface area contributed by atoms with Crippen LogP contribution >= 0.6 is 23.4 Å². The molecule has 1 amide bonds. The van der Waals surface area contributed by atoms with Gasteiger partial charge >= 0.3 is 0 Å². The fourth-order valence-electron chi connectivity index (χ4n) is 2.98. The third kappa shape index (κ3) is 4.48. The number of nitrogens with one attached hydrogen (secondary N) is 1. The van der Waals surface area contributed by atoms with Crippen LogP contribution in [0.15, 0.2) is 29.2 Å². The molecule has 6 nitrogen and oxygen atoms in total. The van der Waals surface area contributed by atoms with Crippen LogP contribution in [0.25, 0.3) is 0 Å². The number of aliphatic hydroxyl groups is 1. The maximum absolute atomic E-state index is 11.6. The van der Waals surface area contributed by atoms with Crippen molar-refractivity contribution in [1.82, 2.24) is 5.32 Å². The lowest BCUT2D eigenvalue weighted by Gasteiger charge is -2.49. The Morgan fingerprint density at radius 3 is 2.68 bits per heavy atom. The molecule has 3 rings (SSSR count). The molecule has 0 spiro atoms. The molecule has 0 radical (unpaired) electrons. The lowest BCUT2D eigenvalue weighted by molar-refractivity contribution is -0.341. The van der Waals surface area contributed by atoms with E-state index in [2.05, 4.69) is 5.32 Å². The number of fused-ring (bicyclic) bond motifs is 1. The highest BCUT2D eigenvalue weighted by Gasteiger charge is 2.51. The second-order valence-electron chi connectivity index (χ2n) is 6.62. The van der Waals surface area contributed by atoms with Crippen molar-refractivity contribution >= 4 is 29.3 Å². The molecule has 2 fully saturated rings. The summed E-state index contributed by atoms with van der Waals surface area (Å²) in [6.07, 6.45) is -1.88. The Balaban J connectivity index is 1.80. The third-order valence-electron chi connectivity index (χ3n) is 4.12. The Kier molecular flexibility index (Phi) is 5.63. The average Bonchev–Trinajstić information content (AvgIpc) is 2.53. The number of hydrogen-bond donors (Lipinski definition) is 2. The molecule has 5 atom stereocenters. The second-order valence-corrected chi connectivity index (χ2v) is 8.23.